The summed E-state index contributed by atoms with van der Waals surface area (Å²) in [7, 11) is -2.14. The van der Waals surface area contributed by atoms with Crippen molar-refractivity contribution in [2.75, 3.05) is 6.54 Å². The van der Waals surface area contributed by atoms with Gasteiger partial charge in [-0.1, -0.05) is 43.7 Å². The number of rotatable bonds is 11. The van der Waals surface area contributed by atoms with Crippen molar-refractivity contribution < 1.29 is 22.7 Å². The Morgan fingerprint density at radius 2 is 1.90 bits per heavy atom. The highest BCUT2D eigenvalue weighted by molar-refractivity contribution is 7.89. The summed E-state index contributed by atoms with van der Waals surface area (Å²) >= 11 is 0. The van der Waals surface area contributed by atoms with Crippen LogP contribution in [0.3, 0.4) is 0 Å². The highest BCUT2D eigenvalue weighted by atomic mass is 32.2. The lowest BCUT2D eigenvalue weighted by molar-refractivity contribution is -0.154. The molecule has 1 aromatic carbocycles. The second-order valence-electron chi connectivity index (χ2n) is 7.28. The number of hydrogen-bond donors (Lipinski definition) is 2. The Bertz CT molecular complexity index is 969. The second kappa shape index (κ2) is 11.1. The molecule has 1 amide bonds. The number of hydrogen-bond acceptors (Lipinski definition) is 6. The minimum atomic E-state index is -3.82. The van der Waals surface area contributed by atoms with Gasteiger partial charge in [-0.05, 0) is 25.8 Å². The molecule has 2 rings (SSSR count). The van der Waals surface area contributed by atoms with Crippen LogP contribution in [0.2, 0.25) is 0 Å². The predicted octanol–water partition coefficient (Wildman–Crippen LogP) is 1.99. The molecule has 1 heterocycles. The maximum absolute atomic E-state index is 12.5. The van der Waals surface area contributed by atoms with E-state index in [0.717, 1.165) is 18.4 Å². The molecule has 170 valence electrons. The zero-order valence-electron chi connectivity index (χ0n) is 18.3. The Balaban J connectivity index is 1.83. The van der Waals surface area contributed by atoms with E-state index < -0.39 is 28.0 Å². The van der Waals surface area contributed by atoms with E-state index in [9.17, 15) is 18.0 Å². The van der Waals surface area contributed by atoms with Crippen molar-refractivity contribution in [3.63, 3.8) is 0 Å². The molecule has 2 N–H and O–H groups in total. The van der Waals surface area contributed by atoms with Crippen LogP contribution in [-0.4, -0.2) is 42.5 Å². The van der Waals surface area contributed by atoms with E-state index in [-0.39, 0.29) is 24.0 Å². The van der Waals surface area contributed by atoms with Gasteiger partial charge in [0.1, 0.15) is 5.82 Å². The molecule has 0 spiro atoms. The number of sulfonamides is 1. The summed E-state index contributed by atoms with van der Waals surface area (Å²) in [5, 5.41) is 2.80. The van der Waals surface area contributed by atoms with Crippen LogP contribution in [0.5, 0.6) is 0 Å². The molecule has 2 aromatic rings. The van der Waals surface area contributed by atoms with E-state index in [2.05, 4.69) is 15.0 Å². The summed E-state index contributed by atoms with van der Waals surface area (Å²) in [5.41, 5.74) is 0.982. The Labute approximate surface area is 183 Å². The fourth-order valence-corrected chi connectivity index (χ4v) is 3.98. The number of esters is 1. The van der Waals surface area contributed by atoms with Crippen LogP contribution in [-0.2, 0) is 31.4 Å². The third-order valence-electron chi connectivity index (χ3n) is 4.76. The fourth-order valence-electron chi connectivity index (χ4n) is 2.91. The van der Waals surface area contributed by atoms with Crippen molar-refractivity contribution >= 4 is 21.9 Å². The first-order chi connectivity index (χ1) is 14.6. The van der Waals surface area contributed by atoms with Gasteiger partial charge in [-0.15, -0.1) is 0 Å². The summed E-state index contributed by atoms with van der Waals surface area (Å²) in [4.78, 5) is 28.5. The molecule has 0 bridgehead atoms. The number of nitrogens with zero attached hydrogens (tertiary/aromatic N) is 2. The number of carbonyl (C=O) groups excluding carboxylic acids is 2. The number of ether oxygens (including phenoxy) is 1. The van der Waals surface area contributed by atoms with Gasteiger partial charge in [0.2, 0.25) is 0 Å². The van der Waals surface area contributed by atoms with E-state index in [4.69, 9.17) is 4.74 Å². The highest BCUT2D eigenvalue weighted by Crippen LogP contribution is 2.18. The molecular weight excluding hydrogens is 420 g/mol. The smallest absolute Gasteiger partial charge is 0.307 e. The third kappa shape index (κ3) is 7.18. The number of imidazole rings is 1. The Kier molecular flexibility index (Phi) is 8.76. The molecule has 1 aromatic heterocycles. The fraction of sp³-hybridized carbons (Fsp3) is 0.476. The molecule has 0 fully saturated rings. The maximum atomic E-state index is 12.5. The van der Waals surface area contributed by atoms with Crippen molar-refractivity contribution in [2.45, 2.75) is 57.2 Å². The van der Waals surface area contributed by atoms with Crippen molar-refractivity contribution in [1.29, 1.82) is 0 Å². The molecule has 10 heteroatoms. The van der Waals surface area contributed by atoms with Crippen LogP contribution in [0.15, 0.2) is 41.6 Å². The number of aryl methyl sites for hydroxylation is 2. The van der Waals surface area contributed by atoms with Crippen LogP contribution < -0.4 is 10.0 Å². The SMILES string of the molecule is CCCC(NC(=O)C(C)OC(=O)CCNS(=O)(=O)c1cn(C)c(C)n1)c1ccccc1. The van der Waals surface area contributed by atoms with Crippen LogP contribution in [0.1, 0.15) is 50.5 Å². The van der Waals surface area contributed by atoms with Gasteiger partial charge >= 0.3 is 5.97 Å². The minimum absolute atomic E-state index is 0.114. The van der Waals surface area contributed by atoms with Crippen LogP contribution >= 0.6 is 0 Å². The summed E-state index contributed by atoms with van der Waals surface area (Å²) < 4.78 is 33.5. The van der Waals surface area contributed by atoms with Gasteiger partial charge in [-0.25, -0.2) is 18.1 Å². The number of benzene rings is 1. The van der Waals surface area contributed by atoms with Gasteiger partial charge < -0.3 is 14.6 Å². The van der Waals surface area contributed by atoms with Crippen LogP contribution in [0.4, 0.5) is 0 Å². The van der Waals surface area contributed by atoms with Crippen LogP contribution in [0, 0.1) is 6.92 Å². The Morgan fingerprint density at radius 3 is 2.48 bits per heavy atom. The average Bonchev–Trinajstić information content (AvgIpc) is 3.07. The molecule has 0 saturated heterocycles. The molecule has 0 radical (unpaired) electrons. The van der Waals surface area contributed by atoms with E-state index in [1.165, 1.54) is 13.1 Å². The largest absolute Gasteiger partial charge is 0.453 e. The first-order valence-corrected chi connectivity index (χ1v) is 11.7. The minimum Gasteiger partial charge on any atom is -0.453 e. The predicted molar refractivity (Wildman–Crippen MR) is 116 cm³/mol. The quantitative estimate of drug-likeness (QED) is 0.505. The molecule has 31 heavy (non-hydrogen) atoms. The number of amides is 1. The van der Waals surface area contributed by atoms with Crippen LogP contribution in [0.25, 0.3) is 0 Å². The van der Waals surface area contributed by atoms with E-state index in [1.54, 1.807) is 18.5 Å². The van der Waals surface area contributed by atoms with Crippen molar-refractivity contribution in [1.82, 2.24) is 19.6 Å². The zero-order valence-corrected chi connectivity index (χ0v) is 19.1. The zero-order chi connectivity index (χ0) is 23.0. The summed E-state index contributed by atoms with van der Waals surface area (Å²) in [6.07, 6.45) is 1.82. The van der Waals surface area contributed by atoms with Gasteiger partial charge in [-0.2, -0.15) is 0 Å². The molecule has 9 nitrogen and oxygen atoms in total. The molecule has 0 saturated carbocycles. The van der Waals surface area contributed by atoms with Crippen molar-refractivity contribution in [3.8, 4) is 0 Å². The molecule has 2 unspecified atom stereocenters. The average molecular weight is 451 g/mol. The van der Waals surface area contributed by atoms with Gasteiger partial charge in [0.05, 0.1) is 12.5 Å². The molecule has 0 aliphatic rings. The molecule has 0 aliphatic carbocycles. The number of carbonyl (C=O) groups is 2. The normalized spacial score (nSPS) is 13.4. The van der Waals surface area contributed by atoms with Gasteiger partial charge in [0, 0.05) is 19.8 Å². The monoisotopic (exact) mass is 450 g/mol. The lowest BCUT2D eigenvalue weighted by Crippen LogP contribution is -2.38. The third-order valence-corrected chi connectivity index (χ3v) is 6.09. The Morgan fingerprint density at radius 1 is 1.23 bits per heavy atom. The Hall–Kier alpha value is -2.72. The molecule has 2 atom stereocenters. The number of aromatic nitrogens is 2. The maximum Gasteiger partial charge on any atom is 0.307 e. The number of nitrogens with one attached hydrogen (secondary N) is 2. The highest BCUT2D eigenvalue weighted by Gasteiger charge is 2.23. The van der Waals surface area contributed by atoms with Crippen molar-refractivity contribution in [3.05, 3.63) is 47.9 Å². The van der Waals surface area contributed by atoms with E-state index in [1.807, 2.05) is 37.3 Å². The van der Waals surface area contributed by atoms with Gasteiger partial charge in [0.25, 0.3) is 15.9 Å². The van der Waals surface area contributed by atoms with Crippen molar-refractivity contribution in [2.24, 2.45) is 7.05 Å². The first kappa shape index (κ1) is 24.5. The summed E-state index contributed by atoms with van der Waals surface area (Å²) in [6.45, 7) is 5.04. The lowest BCUT2D eigenvalue weighted by atomic mass is 10.0. The summed E-state index contributed by atoms with van der Waals surface area (Å²) in [6, 6.07) is 9.41. The summed E-state index contributed by atoms with van der Waals surface area (Å²) in [5.74, 6) is -0.522. The van der Waals surface area contributed by atoms with E-state index >= 15 is 0 Å². The van der Waals surface area contributed by atoms with Gasteiger partial charge in [0.15, 0.2) is 11.1 Å². The topological polar surface area (TPSA) is 119 Å². The second-order valence-corrected chi connectivity index (χ2v) is 8.99. The first-order valence-electron chi connectivity index (χ1n) is 10.2. The molecular formula is C21H30N4O5S. The van der Waals surface area contributed by atoms with E-state index in [0.29, 0.717) is 5.82 Å². The molecule has 0 aliphatic heterocycles. The van der Waals surface area contributed by atoms with Gasteiger partial charge in [-0.3, -0.25) is 9.59 Å². The standard InChI is InChI=1S/C21H30N4O5S/c1-5-9-18(17-10-7-6-8-11-17)24-21(27)15(2)30-20(26)12-13-22-31(28,29)19-14-25(4)16(3)23-19/h6-8,10-11,14-15,18,22H,5,9,12-13H2,1-4H3,(H,24,27). The lowest BCUT2D eigenvalue weighted by Gasteiger charge is -2.21.